The number of hydrogen-bond donors (Lipinski definition) is 1. The Morgan fingerprint density at radius 3 is 2.48 bits per heavy atom. The number of hydrogen-bond acceptors (Lipinski definition) is 6. The van der Waals surface area contributed by atoms with Gasteiger partial charge in [-0.2, -0.15) is 0 Å². The SMILES string of the molecule is CCCCOc1cc(OC)cc(-n2cc(C(=O)O)c(=O)c3ccc(OCOC)cc32)c1. The van der Waals surface area contributed by atoms with Gasteiger partial charge in [-0.05, 0) is 18.6 Å². The van der Waals surface area contributed by atoms with Crippen LogP contribution in [0.5, 0.6) is 17.2 Å². The summed E-state index contributed by atoms with van der Waals surface area (Å²) in [6.45, 7) is 2.66. The van der Waals surface area contributed by atoms with Crippen molar-refractivity contribution >= 4 is 16.9 Å². The lowest BCUT2D eigenvalue weighted by molar-refractivity contribution is 0.0512. The van der Waals surface area contributed by atoms with Crippen LogP contribution in [-0.4, -0.2) is 43.3 Å². The maximum absolute atomic E-state index is 12.7. The summed E-state index contributed by atoms with van der Waals surface area (Å²) in [6, 6.07) is 10.1. The quantitative estimate of drug-likeness (QED) is 0.388. The fraction of sp³-hybridized carbons (Fsp3) is 0.304. The summed E-state index contributed by atoms with van der Waals surface area (Å²) in [4.78, 5) is 24.5. The Morgan fingerprint density at radius 1 is 1.03 bits per heavy atom. The molecule has 0 spiro atoms. The maximum Gasteiger partial charge on any atom is 0.341 e. The van der Waals surface area contributed by atoms with Gasteiger partial charge in [-0.1, -0.05) is 13.3 Å². The predicted molar refractivity (Wildman–Crippen MR) is 116 cm³/mol. The molecule has 0 bridgehead atoms. The first kappa shape index (κ1) is 22.2. The number of methoxy groups -OCH3 is 2. The van der Waals surface area contributed by atoms with Crippen molar-refractivity contribution in [3.63, 3.8) is 0 Å². The molecular weight excluding hydrogens is 402 g/mol. The normalized spacial score (nSPS) is 10.8. The van der Waals surface area contributed by atoms with Crippen LogP contribution >= 0.6 is 0 Å². The van der Waals surface area contributed by atoms with E-state index in [0.29, 0.717) is 35.1 Å². The Balaban J connectivity index is 2.23. The fourth-order valence-electron chi connectivity index (χ4n) is 3.12. The zero-order chi connectivity index (χ0) is 22.4. The van der Waals surface area contributed by atoms with Crippen LogP contribution in [-0.2, 0) is 4.74 Å². The summed E-state index contributed by atoms with van der Waals surface area (Å²) in [6.07, 6.45) is 3.20. The topological polar surface area (TPSA) is 96.2 Å². The molecule has 164 valence electrons. The Hall–Kier alpha value is -3.52. The summed E-state index contributed by atoms with van der Waals surface area (Å²) in [5, 5.41) is 9.81. The van der Waals surface area contributed by atoms with Crippen LogP contribution in [0.25, 0.3) is 16.6 Å². The highest BCUT2D eigenvalue weighted by molar-refractivity contribution is 5.93. The van der Waals surface area contributed by atoms with Crippen LogP contribution in [0.15, 0.2) is 47.4 Å². The van der Waals surface area contributed by atoms with Gasteiger partial charge in [-0.3, -0.25) is 4.79 Å². The number of rotatable bonds is 10. The lowest BCUT2D eigenvalue weighted by Gasteiger charge is -2.16. The zero-order valence-electron chi connectivity index (χ0n) is 17.7. The lowest BCUT2D eigenvalue weighted by atomic mass is 10.1. The molecule has 0 radical (unpaired) electrons. The van der Waals surface area contributed by atoms with Gasteiger partial charge in [-0.15, -0.1) is 0 Å². The summed E-state index contributed by atoms with van der Waals surface area (Å²) in [5.41, 5.74) is 0.160. The van der Waals surface area contributed by atoms with Crippen molar-refractivity contribution in [2.24, 2.45) is 0 Å². The number of unbranched alkanes of at least 4 members (excludes halogenated alkanes) is 1. The largest absolute Gasteiger partial charge is 0.497 e. The average molecular weight is 427 g/mol. The number of fused-ring (bicyclic) bond motifs is 1. The van der Waals surface area contributed by atoms with Gasteiger partial charge in [0.2, 0.25) is 5.43 Å². The number of carbonyl (C=O) groups is 1. The molecule has 31 heavy (non-hydrogen) atoms. The standard InChI is InChI=1S/C23H25NO7/c1-4-5-8-30-18-10-15(9-17(11-18)29-3)24-13-20(23(26)27)22(25)19-7-6-16(12-21(19)24)31-14-28-2/h6-7,9-13H,4-5,8,14H2,1-3H3,(H,26,27). The van der Waals surface area contributed by atoms with Crippen LogP contribution in [0.2, 0.25) is 0 Å². The smallest absolute Gasteiger partial charge is 0.341 e. The molecule has 2 aromatic carbocycles. The molecule has 3 rings (SSSR count). The molecule has 8 heteroatoms. The number of aromatic carboxylic acids is 1. The molecule has 0 saturated carbocycles. The Labute approximate surface area is 179 Å². The van der Waals surface area contributed by atoms with Gasteiger partial charge in [0.15, 0.2) is 6.79 Å². The number of benzene rings is 2. The maximum atomic E-state index is 12.7. The number of aromatic nitrogens is 1. The minimum absolute atomic E-state index is 0.0392. The summed E-state index contributed by atoms with van der Waals surface area (Å²) in [7, 11) is 3.05. The second kappa shape index (κ2) is 9.99. The van der Waals surface area contributed by atoms with Crippen LogP contribution in [0.1, 0.15) is 30.1 Å². The van der Waals surface area contributed by atoms with E-state index in [0.717, 1.165) is 12.8 Å². The average Bonchev–Trinajstić information content (AvgIpc) is 2.77. The summed E-state index contributed by atoms with van der Waals surface area (Å²) in [5.74, 6) is 0.299. The molecule has 0 atom stereocenters. The molecule has 0 aliphatic heterocycles. The van der Waals surface area contributed by atoms with Crippen molar-refractivity contribution in [1.29, 1.82) is 0 Å². The van der Waals surface area contributed by atoms with E-state index in [9.17, 15) is 14.7 Å². The number of ether oxygens (including phenoxy) is 4. The molecule has 0 aliphatic carbocycles. The van der Waals surface area contributed by atoms with E-state index in [1.807, 2.05) is 0 Å². The Bertz CT molecular complexity index is 1140. The summed E-state index contributed by atoms with van der Waals surface area (Å²) < 4.78 is 23.3. The molecule has 8 nitrogen and oxygen atoms in total. The highest BCUT2D eigenvalue weighted by Crippen LogP contribution is 2.29. The predicted octanol–water partition coefficient (Wildman–Crippen LogP) is 3.86. The van der Waals surface area contributed by atoms with E-state index in [1.54, 1.807) is 41.0 Å². The van der Waals surface area contributed by atoms with E-state index >= 15 is 0 Å². The number of nitrogens with zero attached hydrogens (tertiary/aromatic N) is 1. The first-order valence-electron chi connectivity index (χ1n) is 9.85. The van der Waals surface area contributed by atoms with Gasteiger partial charge in [0, 0.05) is 43.0 Å². The molecule has 0 amide bonds. The van der Waals surface area contributed by atoms with Gasteiger partial charge in [0.05, 0.1) is 24.9 Å². The molecule has 1 N–H and O–H groups in total. The third-order valence-electron chi connectivity index (χ3n) is 4.70. The molecule has 1 heterocycles. The molecule has 3 aromatic rings. The van der Waals surface area contributed by atoms with E-state index < -0.39 is 11.4 Å². The first-order chi connectivity index (χ1) is 15.0. The minimum atomic E-state index is -1.30. The molecule has 0 saturated heterocycles. The van der Waals surface area contributed by atoms with Crippen molar-refractivity contribution in [3.05, 3.63) is 58.4 Å². The molecule has 0 aliphatic rings. The summed E-state index contributed by atoms with van der Waals surface area (Å²) >= 11 is 0. The van der Waals surface area contributed by atoms with E-state index in [1.165, 1.54) is 20.4 Å². The first-order valence-corrected chi connectivity index (χ1v) is 9.85. The van der Waals surface area contributed by atoms with Gasteiger partial charge in [0.1, 0.15) is 22.8 Å². The van der Waals surface area contributed by atoms with Crippen LogP contribution < -0.4 is 19.6 Å². The second-order valence-electron chi connectivity index (χ2n) is 6.85. The number of pyridine rings is 1. The molecule has 0 fully saturated rings. The van der Waals surface area contributed by atoms with Gasteiger partial charge >= 0.3 is 5.97 Å². The van der Waals surface area contributed by atoms with Crippen molar-refractivity contribution < 1.29 is 28.8 Å². The Kier molecular flexibility index (Phi) is 7.15. The Morgan fingerprint density at radius 2 is 1.81 bits per heavy atom. The van der Waals surface area contributed by atoms with Crippen molar-refractivity contribution in [3.8, 4) is 22.9 Å². The van der Waals surface area contributed by atoms with Gasteiger partial charge < -0.3 is 28.6 Å². The third kappa shape index (κ3) is 4.97. The van der Waals surface area contributed by atoms with Crippen LogP contribution in [0, 0.1) is 0 Å². The number of carboxylic acids is 1. The second-order valence-corrected chi connectivity index (χ2v) is 6.85. The van der Waals surface area contributed by atoms with Crippen molar-refractivity contribution in [2.75, 3.05) is 27.6 Å². The molecule has 1 aromatic heterocycles. The highest BCUT2D eigenvalue weighted by Gasteiger charge is 2.17. The molecule has 0 unspecified atom stereocenters. The monoisotopic (exact) mass is 427 g/mol. The van der Waals surface area contributed by atoms with E-state index in [4.69, 9.17) is 18.9 Å². The van der Waals surface area contributed by atoms with Crippen molar-refractivity contribution in [1.82, 2.24) is 4.57 Å². The van der Waals surface area contributed by atoms with Crippen molar-refractivity contribution in [2.45, 2.75) is 19.8 Å². The number of carboxylic acid groups (broad SMARTS) is 1. The fourth-order valence-corrected chi connectivity index (χ4v) is 3.12. The van der Waals surface area contributed by atoms with E-state index in [2.05, 4.69) is 6.92 Å². The van der Waals surface area contributed by atoms with Crippen LogP contribution in [0.3, 0.4) is 0 Å². The van der Waals surface area contributed by atoms with E-state index in [-0.39, 0.29) is 17.7 Å². The zero-order valence-corrected chi connectivity index (χ0v) is 17.7. The van der Waals surface area contributed by atoms with Gasteiger partial charge in [-0.25, -0.2) is 4.79 Å². The lowest BCUT2D eigenvalue weighted by Crippen LogP contribution is -2.18. The molecular formula is C23H25NO7. The minimum Gasteiger partial charge on any atom is -0.497 e. The third-order valence-corrected chi connectivity index (χ3v) is 4.70. The van der Waals surface area contributed by atoms with Gasteiger partial charge in [0.25, 0.3) is 0 Å². The van der Waals surface area contributed by atoms with Crippen LogP contribution in [0.4, 0.5) is 0 Å². The highest BCUT2D eigenvalue weighted by atomic mass is 16.7.